The van der Waals surface area contributed by atoms with Crippen LogP contribution in [0.5, 0.6) is 5.88 Å². The quantitative estimate of drug-likeness (QED) is 0.841. The maximum Gasteiger partial charge on any atom is 0.232 e. The Hall–Kier alpha value is -2.50. The van der Waals surface area contributed by atoms with Crippen LogP contribution < -0.4 is 4.74 Å². The first kappa shape index (κ1) is 13.5. The van der Waals surface area contributed by atoms with Crippen LogP contribution in [0.1, 0.15) is 12.0 Å². The average molecular weight is 284 g/mol. The molecule has 108 valence electrons. The summed E-state index contributed by atoms with van der Waals surface area (Å²) < 4.78 is 5.73. The molecule has 1 aliphatic rings. The zero-order chi connectivity index (χ0) is 14.5. The molecule has 1 fully saturated rings. The van der Waals surface area contributed by atoms with Gasteiger partial charge in [-0.2, -0.15) is 0 Å². The summed E-state index contributed by atoms with van der Waals surface area (Å²) in [5.41, 5.74) is 0.931. The van der Waals surface area contributed by atoms with Crippen LogP contribution in [-0.2, 0) is 11.2 Å². The minimum atomic E-state index is -0.0143. The minimum Gasteiger partial charge on any atom is -0.471 e. The molecule has 21 heavy (non-hydrogen) atoms. The van der Waals surface area contributed by atoms with E-state index in [2.05, 4.69) is 15.0 Å². The van der Waals surface area contributed by atoms with Gasteiger partial charge in [-0.15, -0.1) is 0 Å². The first-order chi connectivity index (χ1) is 10.3. The van der Waals surface area contributed by atoms with Gasteiger partial charge >= 0.3 is 0 Å². The molecule has 0 unspecified atom stereocenters. The van der Waals surface area contributed by atoms with Crippen molar-refractivity contribution < 1.29 is 9.53 Å². The van der Waals surface area contributed by atoms with Gasteiger partial charge < -0.3 is 9.64 Å². The third-order valence-corrected chi connectivity index (χ3v) is 3.40. The lowest BCUT2D eigenvalue weighted by atomic mass is 10.2. The normalized spacial score (nSPS) is 17.7. The molecule has 1 amide bonds. The van der Waals surface area contributed by atoms with Crippen LogP contribution in [0.15, 0.2) is 43.1 Å². The molecule has 0 aliphatic carbocycles. The van der Waals surface area contributed by atoms with E-state index >= 15 is 0 Å². The van der Waals surface area contributed by atoms with Gasteiger partial charge in [-0.05, 0) is 11.6 Å². The molecule has 3 heterocycles. The average Bonchev–Trinajstić information content (AvgIpc) is 2.98. The summed E-state index contributed by atoms with van der Waals surface area (Å²) >= 11 is 0. The maximum absolute atomic E-state index is 12.2. The number of carbonyl (C=O) groups excluding carboxylic acids is 1. The highest BCUT2D eigenvalue weighted by molar-refractivity contribution is 5.79. The summed E-state index contributed by atoms with van der Waals surface area (Å²) in [5, 5.41) is 0. The second kappa shape index (κ2) is 6.30. The van der Waals surface area contributed by atoms with E-state index in [0.29, 0.717) is 25.4 Å². The van der Waals surface area contributed by atoms with Crippen LogP contribution in [0.3, 0.4) is 0 Å². The lowest BCUT2D eigenvalue weighted by Crippen LogP contribution is -2.32. The Morgan fingerprint density at radius 1 is 1.29 bits per heavy atom. The molecule has 2 aromatic rings. The van der Waals surface area contributed by atoms with Crippen molar-refractivity contribution in [1.29, 1.82) is 0 Å². The highest BCUT2D eigenvalue weighted by atomic mass is 16.5. The molecule has 0 saturated carbocycles. The van der Waals surface area contributed by atoms with E-state index in [4.69, 9.17) is 4.74 Å². The van der Waals surface area contributed by atoms with E-state index < -0.39 is 0 Å². The standard InChI is InChI=1S/C15H16N4O2/c20-15(8-12-2-1-4-16-9-12)19-7-3-13(11-19)21-14-10-17-5-6-18-14/h1-2,4-6,9-10,13H,3,7-8,11H2/t13-/m0/s1. The van der Waals surface area contributed by atoms with Gasteiger partial charge in [0.15, 0.2) is 0 Å². The number of rotatable bonds is 4. The summed E-state index contributed by atoms with van der Waals surface area (Å²) in [4.78, 5) is 26.1. The van der Waals surface area contributed by atoms with Gasteiger partial charge in [0.05, 0.1) is 19.2 Å². The Morgan fingerprint density at radius 3 is 2.95 bits per heavy atom. The lowest BCUT2D eigenvalue weighted by molar-refractivity contribution is -0.129. The Bertz CT molecular complexity index is 591. The molecule has 1 atom stereocenters. The summed E-state index contributed by atoms with van der Waals surface area (Å²) in [6, 6.07) is 3.75. The second-order valence-electron chi connectivity index (χ2n) is 4.95. The topological polar surface area (TPSA) is 68.2 Å². The summed E-state index contributed by atoms with van der Waals surface area (Å²) in [6.45, 7) is 1.31. The van der Waals surface area contributed by atoms with Crippen molar-refractivity contribution in [3.8, 4) is 5.88 Å². The number of amides is 1. The van der Waals surface area contributed by atoms with Crippen LogP contribution >= 0.6 is 0 Å². The first-order valence-corrected chi connectivity index (χ1v) is 6.90. The van der Waals surface area contributed by atoms with Crippen molar-refractivity contribution in [2.24, 2.45) is 0 Å². The number of pyridine rings is 1. The summed E-state index contributed by atoms with van der Waals surface area (Å²) in [7, 11) is 0. The van der Waals surface area contributed by atoms with Crippen LogP contribution in [0, 0.1) is 0 Å². The van der Waals surface area contributed by atoms with Crippen LogP contribution in [0.2, 0.25) is 0 Å². The zero-order valence-corrected chi connectivity index (χ0v) is 11.6. The Morgan fingerprint density at radius 2 is 2.19 bits per heavy atom. The Kier molecular flexibility index (Phi) is 4.04. The number of aromatic nitrogens is 3. The van der Waals surface area contributed by atoms with Crippen molar-refractivity contribution in [2.45, 2.75) is 18.9 Å². The van der Waals surface area contributed by atoms with Gasteiger partial charge in [0, 0.05) is 37.8 Å². The second-order valence-corrected chi connectivity index (χ2v) is 4.95. The van der Waals surface area contributed by atoms with E-state index in [1.807, 2.05) is 17.0 Å². The van der Waals surface area contributed by atoms with Crippen molar-refractivity contribution in [2.75, 3.05) is 13.1 Å². The highest BCUT2D eigenvalue weighted by Gasteiger charge is 2.27. The molecule has 0 spiro atoms. The number of carbonyl (C=O) groups is 1. The molecule has 0 N–H and O–H groups in total. The highest BCUT2D eigenvalue weighted by Crippen LogP contribution is 2.16. The molecule has 0 radical (unpaired) electrons. The number of hydrogen-bond acceptors (Lipinski definition) is 5. The molecule has 1 saturated heterocycles. The van der Waals surface area contributed by atoms with E-state index in [1.54, 1.807) is 31.0 Å². The van der Waals surface area contributed by atoms with Crippen molar-refractivity contribution >= 4 is 5.91 Å². The Balaban J connectivity index is 1.53. The molecule has 3 rings (SSSR count). The van der Waals surface area contributed by atoms with Gasteiger partial charge in [-0.3, -0.25) is 14.8 Å². The SMILES string of the molecule is O=C(Cc1cccnc1)N1CC[C@H](Oc2cnccn2)C1. The zero-order valence-electron chi connectivity index (χ0n) is 11.6. The van der Waals surface area contributed by atoms with E-state index in [-0.39, 0.29) is 12.0 Å². The third-order valence-electron chi connectivity index (χ3n) is 3.40. The van der Waals surface area contributed by atoms with E-state index in [9.17, 15) is 4.79 Å². The molecular formula is C15H16N4O2. The third kappa shape index (κ3) is 3.53. The van der Waals surface area contributed by atoms with Gasteiger partial charge in [0.2, 0.25) is 11.8 Å². The summed E-state index contributed by atoms with van der Waals surface area (Å²) in [5.74, 6) is 0.609. The monoisotopic (exact) mass is 284 g/mol. The lowest BCUT2D eigenvalue weighted by Gasteiger charge is -2.16. The number of likely N-dealkylation sites (tertiary alicyclic amines) is 1. The van der Waals surface area contributed by atoms with Crippen molar-refractivity contribution in [3.05, 3.63) is 48.7 Å². The maximum atomic E-state index is 12.2. The number of ether oxygens (including phenoxy) is 1. The van der Waals surface area contributed by atoms with E-state index in [0.717, 1.165) is 12.0 Å². The number of hydrogen-bond donors (Lipinski definition) is 0. The van der Waals surface area contributed by atoms with Gasteiger partial charge in [0.25, 0.3) is 0 Å². The molecule has 1 aliphatic heterocycles. The van der Waals surface area contributed by atoms with Crippen molar-refractivity contribution in [3.63, 3.8) is 0 Å². The largest absolute Gasteiger partial charge is 0.471 e. The molecule has 6 nitrogen and oxygen atoms in total. The number of nitrogens with zero attached hydrogens (tertiary/aromatic N) is 4. The van der Waals surface area contributed by atoms with E-state index in [1.165, 1.54) is 0 Å². The molecule has 2 aromatic heterocycles. The van der Waals surface area contributed by atoms with Crippen LogP contribution in [-0.4, -0.2) is 45.0 Å². The van der Waals surface area contributed by atoms with Gasteiger partial charge in [-0.25, -0.2) is 4.98 Å². The fourth-order valence-corrected chi connectivity index (χ4v) is 2.36. The summed E-state index contributed by atoms with van der Waals surface area (Å²) in [6.07, 6.45) is 9.39. The predicted molar refractivity (Wildman–Crippen MR) is 75.6 cm³/mol. The molecular weight excluding hydrogens is 268 g/mol. The first-order valence-electron chi connectivity index (χ1n) is 6.90. The van der Waals surface area contributed by atoms with Crippen LogP contribution in [0.25, 0.3) is 0 Å². The minimum absolute atomic E-state index is 0.0143. The predicted octanol–water partition coefficient (Wildman–Crippen LogP) is 1.09. The smallest absolute Gasteiger partial charge is 0.232 e. The fourth-order valence-electron chi connectivity index (χ4n) is 2.36. The molecule has 0 aromatic carbocycles. The molecule has 6 heteroatoms. The van der Waals surface area contributed by atoms with Crippen molar-refractivity contribution in [1.82, 2.24) is 19.9 Å². The Labute approximate surface area is 122 Å². The van der Waals surface area contributed by atoms with Gasteiger partial charge in [0.1, 0.15) is 6.10 Å². The fraction of sp³-hybridized carbons (Fsp3) is 0.333. The van der Waals surface area contributed by atoms with Crippen LogP contribution in [0.4, 0.5) is 0 Å². The molecule has 0 bridgehead atoms. The van der Waals surface area contributed by atoms with Gasteiger partial charge in [-0.1, -0.05) is 6.07 Å².